The fraction of sp³-hybridized carbons (Fsp3) is 0.240. The van der Waals surface area contributed by atoms with Crippen molar-refractivity contribution in [2.75, 3.05) is 13.1 Å². The van der Waals surface area contributed by atoms with Gasteiger partial charge < -0.3 is 5.11 Å². The molecule has 0 saturated carbocycles. The van der Waals surface area contributed by atoms with Crippen molar-refractivity contribution in [3.63, 3.8) is 0 Å². The lowest BCUT2D eigenvalue weighted by molar-refractivity contribution is -0.147. The highest BCUT2D eigenvalue weighted by Gasteiger charge is 2.34. The maximum atomic E-state index is 13.8. The number of likely N-dealkylation sites (tertiary alicyclic amines) is 1. The summed E-state index contributed by atoms with van der Waals surface area (Å²) in [5.41, 5.74) is 2.27. The molecule has 0 spiro atoms. The van der Waals surface area contributed by atoms with Crippen LogP contribution in [0.4, 0.5) is 13.2 Å². The van der Waals surface area contributed by atoms with Crippen molar-refractivity contribution in [1.29, 1.82) is 0 Å². The first-order valence-corrected chi connectivity index (χ1v) is 10.7. The molecule has 32 heavy (non-hydrogen) atoms. The second kappa shape index (κ2) is 9.00. The molecule has 0 amide bonds. The molecule has 0 aliphatic carbocycles. The average Bonchev–Trinajstić information content (AvgIpc) is 2.75. The Labute approximate surface area is 189 Å². The minimum Gasteiger partial charge on any atom is -0.481 e. The topological polar surface area (TPSA) is 40.5 Å². The number of carboxylic acids is 1. The van der Waals surface area contributed by atoms with E-state index in [0.29, 0.717) is 30.8 Å². The minimum absolute atomic E-state index is 0.145. The Balaban J connectivity index is 1.53. The first-order valence-electron chi connectivity index (χ1n) is 10.2. The van der Waals surface area contributed by atoms with E-state index in [4.69, 9.17) is 5.11 Å². The Morgan fingerprint density at radius 3 is 2.22 bits per heavy atom. The Bertz CT molecular complexity index is 1090. The Morgan fingerprint density at radius 2 is 1.62 bits per heavy atom. The normalized spacial score (nSPS) is 15.9. The summed E-state index contributed by atoms with van der Waals surface area (Å²) in [5, 5.41) is 8.46. The molecule has 4 rings (SSSR count). The average molecular weight is 458 g/mol. The van der Waals surface area contributed by atoms with Gasteiger partial charge in [0, 0.05) is 19.6 Å². The zero-order chi connectivity index (χ0) is 22.9. The van der Waals surface area contributed by atoms with Crippen LogP contribution in [0.25, 0.3) is 11.1 Å². The van der Waals surface area contributed by atoms with E-state index in [1.165, 1.54) is 12.1 Å². The molecule has 3 nitrogen and oxygen atoms in total. The van der Waals surface area contributed by atoms with Crippen molar-refractivity contribution in [2.24, 2.45) is 5.92 Å². The van der Waals surface area contributed by atoms with Crippen LogP contribution in [0.3, 0.4) is 0 Å². The molecule has 0 radical (unpaired) electrons. The SMILES string of the molecule is O=C(O)C1CN(Cc2ccc(C(S)c3ccc(-c4ccccc4)c(C(F)(F)F)c3)cc2)C1. The predicted octanol–water partition coefficient (Wildman–Crippen LogP) is 5.91. The first-order chi connectivity index (χ1) is 15.2. The zero-order valence-corrected chi connectivity index (χ0v) is 18.0. The molecule has 1 unspecified atom stereocenters. The molecule has 1 atom stereocenters. The summed E-state index contributed by atoms with van der Waals surface area (Å²) in [6, 6.07) is 20.5. The molecule has 1 saturated heterocycles. The molecule has 3 aromatic rings. The summed E-state index contributed by atoms with van der Waals surface area (Å²) >= 11 is 4.60. The van der Waals surface area contributed by atoms with Gasteiger partial charge >= 0.3 is 12.1 Å². The highest BCUT2D eigenvalue weighted by Crippen LogP contribution is 2.40. The molecular weight excluding hydrogens is 435 g/mol. The molecule has 1 fully saturated rings. The van der Waals surface area contributed by atoms with Crippen molar-refractivity contribution < 1.29 is 23.1 Å². The van der Waals surface area contributed by atoms with Crippen molar-refractivity contribution in [3.8, 4) is 11.1 Å². The summed E-state index contributed by atoms with van der Waals surface area (Å²) < 4.78 is 41.4. The third-order valence-electron chi connectivity index (χ3n) is 5.76. The van der Waals surface area contributed by atoms with Crippen molar-refractivity contribution in [2.45, 2.75) is 18.0 Å². The number of rotatable bonds is 6. The van der Waals surface area contributed by atoms with Crippen LogP contribution in [0.15, 0.2) is 72.8 Å². The van der Waals surface area contributed by atoms with Crippen LogP contribution >= 0.6 is 12.6 Å². The van der Waals surface area contributed by atoms with Crippen LogP contribution < -0.4 is 0 Å². The smallest absolute Gasteiger partial charge is 0.417 e. The lowest BCUT2D eigenvalue weighted by Crippen LogP contribution is -2.49. The van der Waals surface area contributed by atoms with Crippen LogP contribution in [0.1, 0.15) is 27.5 Å². The number of benzene rings is 3. The van der Waals surface area contributed by atoms with Gasteiger partial charge in [-0.2, -0.15) is 25.8 Å². The Morgan fingerprint density at radius 1 is 1.00 bits per heavy atom. The van der Waals surface area contributed by atoms with Crippen LogP contribution in [-0.2, 0) is 17.5 Å². The number of carbonyl (C=O) groups is 1. The van der Waals surface area contributed by atoms with E-state index < -0.39 is 23.0 Å². The molecule has 166 valence electrons. The number of halogens is 3. The van der Waals surface area contributed by atoms with Gasteiger partial charge in [0.1, 0.15) is 0 Å². The van der Waals surface area contributed by atoms with E-state index in [0.717, 1.165) is 11.1 Å². The lowest BCUT2D eigenvalue weighted by atomic mass is 9.94. The standard InChI is InChI=1S/C25H22F3NO2S/c26-25(27,28)22-12-19(10-11-21(22)17-4-2-1-3-5-17)23(32)18-8-6-16(7-9-18)13-29-14-20(15-29)24(30)31/h1-12,20,23,32H,13-15H2,(H,30,31). The second-order valence-electron chi connectivity index (χ2n) is 8.04. The molecule has 1 heterocycles. The van der Waals surface area contributed by atoms with Crippen LogP contribution in [-0.4, -0.2) is 29.1 Å². The summed E-state index contributed by atoms with van der Waals surface area (Å²) in [4.78, 5) is 13.0. The molecule has 0 bridgehead atoms. The van der Waals surface area contributed by atoms with Gasteiger partial charge in [-0.25, -0.2) is 0 Å². The van der Waals surface area contributed by atoms with E-state index in [1.807, 2.05) is 29.2 Å². The third-order valence-corrected chi connectivity index (χ3v) is 6.35. The minimum atomic E-state index is -4.48. The number of hydrogen-bond acceptors (Lipinski definition) is 3. The molecule has 0 aromatic heterocycles. The molecule has 1 aliphatic heterocycles. The van der Waals surface area contributed by atoms with E-state index in [9.17, 15) is 18.0 Å². The fourth-order valence-electron chi connectivity index (χ4n) is 3.95. The highest BCUT2D eigenvalue weighted by atomic mass is 32.1. The molecular formula is C25H22F3NO2S. The molecule has 1 aliphatic rings. The number of nitrogens with zero attached hydrogens (tertiary/aromatic N) is 1. The van der Waals surface area contributed by atoms with Crippen molar-refractivity contribution >= 4 is 18.6 Å². The quantitative estimate of drug-likeness (QED) is 0.452. The fourth-order valence-corrected chi connectivity index (χ4v) is 4.28. The number of carboxylic acid groups (broad SMARTS) is 1. The zero-order valence-electron chi connectivity index (χ0n) is 17.1. The third kappa shape index (κ3) is 4.84. The summed E-state index contributed by atoms with van der Waals surface area (Å²) in [6.45, 7) is 1.70. The van der Waals surface area contributed by atoms with Crippen molar-refractivity contribution in [1.82, 2.24) is 4.90 Å². The van der Waals surface area contributed by atoms with Gasteiger partial charge in [0.05, 0.1) is 16.7 Å². The van der Waals surface area contributed by atoms with Crippen LogP contribution in [0, 0.1) is 5.92 Å². The van der Waals surface area contributed by atoms with Gasteiger partial charge in [-0.1, -0.05) is 66.7 Å². The number of aliphatic carboxylic acids is 1. The number of hydrogen-bond donors (Lipinski definition) is 2. The largest absolute Gasteiger partial charge is 0.481 e. The number of thiol groups is 1. The monoisotopic (exact) mass is 457 g/mol. The van der Waals surface area contributed by atoms with E-state index in [1.54, 1.807) is 36.4 Å². The van der Waals surface area contributed by atoms with Gasteiger partial charge in [-0.05, 0) is 33.9 Å². The second-order valence-corrected chi connectivity index (χ2v) is 8.56. The maximum absolute atomic E-state index is 13.8. The van der Waals surface area contributed by atoms with Gasteiger partial charge in [0.25, 0.3) is 0 Å². The molecule has 7 heteroatoms. The van der Waals surface area contributed by atoms with E-state index >= 15 is 0 Å². The summed E-state index contributed by atoms with van der Waals surface area (Å²) in [7, 11) is 0. The van der Waals surface area contributed by atoms with Gasteiger partial charge in [0.15, 0.2) is 0 Å². The summed E-state index contributed by atoms with van der Waals surface area (Å²) in [5.74, 6) is -1.08. The highest BCUT2D eigenvalue weighted by molar-refractivity contribution is 7.80. The van der Waals surface area contributed by atoms with Crippen LogP contribution in [0.2, 0.25) is 0 Å². The van der Waals surface area contributed by atoms with E-state index in [2.05, 4.69) is 12.6 Å². The molecule has 3 aromatic carbocycles. The van der Waals surface area contributed by atoms with Crippen molar-refractivity contribution in [3.05, 3.63) is 95.1 Å². The lowest BCUT2D eigenvalue weighted by Gasteiger charge is -2.36. The predicted molar refractivity (Wildman–Crippen MR) is 121 cm³/mol. The Kier molecular flexibility index (Phi) is 6.31. The van der Waals surface area contributed by atoms with Gasteiger partial charge in [-0.15, -0.1) is 0 Å². The summed E-state index contributed by atoms with van der Waals surface area (Å²) in [6.07, 6.45) is -4.48. The molecule has 1 N–H and O–H groups in total. The maximum Gasteiger partial charge on any atom is 0.417 e. The van der Waals surface area contributed by atoms with Gasteiger partial charge in [-0.3, -0.25) is 9.69 Å². The first kappa shape index (κ1) is 22.4. The van der Waals surface area contributed by atoms with Crippen LogP contribution in [0.5, 0.6) is 0 Å². The number of alkyl halides is 3. The van der Waals surface area contributed by atoms with E-state index in [-0.39, 0.29) is 11.5 Å². The van der Waals surface area contributed by atoms with Gasteiger partial charge in [0.2, 0.25) is 0 Å². The Hall–Kier alpha value is -2.77.